The van der Waals surface area contributed by atoms with Gasteiger partial charge in [0.2, 0.25) is 11.3 Å². The number of rotatable bonds is 5. The van der Waals surface area contributed by atoms with E-state index in [1.807, 2.05) is 0 Å². The van der Waals surface area contributed by atoms with Crippen molar-refractivity contribution in [2.45, 2.75) is 20.3 Å². The van der Waals surface area contributed by atoms with Crippen LogP contribution in [0.1, 0.15) is 29.5 Å². The van der Waals surface area contributed by atoms with Crippen molar-refractivity contribution in [3.63, 3.8) is 0 Å². The van der Waals surface area contributed by atoms with E-state index in [0.29, 0.717) is 23.5 Å². The highest BCUT2D eigenvalue weighted by molar-refractivity contribution is 6.02. The summed E-state index contributed by atoms with van der Waals surface area (Å²) in [5.41, 5.74) is 0.610. The zero-order chi connectivity index (χ0) is 21.0. The Labute approximate surface area is 166 Å². The molecule has 1 heterocycles. The Kier molecular flexibility index (Phi) is 5.82. The molecule has 0 unspecified atom stereocenters. The predicted octanol–water partition coefficient (Wildman–Crippen LogP) is 3.28. The van der Waals surface area contributed by atoms with Gasteiger partial charge in [-0.25, -0.2) is 9.07 Å². The van der Waals surface area contributed by atoms with Gasteiger partial charge in [-0.3, -0.25) is 14.4 Å². The number of halogens is 1. The molecular weight excluding hydrogens is 375 g/mol. The first kappa shape index (κ1) is 19.9. The molecule has 2 aromatic carbocycles. The highest BCUT2D eigenvalue weighted by atomic mass is 19.1. The minimum absolute atomic E-state index is 0.126. The van der Waals surface area contributed by atoms with Crippen molar-refractivity contribution in [1.29, 1.82) is 0 Å². The van der Waals surface area contributed by atoms with Gasteiger partial charge in [0.25, 0.3) is 5.91 Å². The standard InChI is InChI=1S/C21H19FN4O3/c1-3-19(28)23-14-8-10-15(11-9-14)24-21(29)20-18(27)12-13(2)26(25-20)17-7-5-4-6-16(17)22/h4-12H,3H2,1-2H3,(H,23,28)(H,24,29). The second-order valence-electron chi connectivity index (χ2n) is 6.29. The van der Waals surface area contributed by atoms with E-state index in [1.54, 1.807) is 44.2 Å². The molecule has 8 heteroatoms. The summed E-state index contributed by atoms with van der Waals surface area (Å²) >= 11 is 0. The van der Waals surface area contributed by atoms with Gasteiger partial charge in [-0.2, -0.15) is 5.10 Å². The largest absolute Gasteiger partial charge is 0.326 e. The Bertz CT molecular complexity index is 1120. The van der Waals surface area contributed by atoms with E-state index in [2.05, 4.69) is 15.7 Å². The molecule has 3 aromatic rings. The molecule has 0 fully saturated rings. The Balaban J connectivity index is 1.86. The van der Waals surface area contributed by atoms with Gasteiger partial charge in [0.05, 0.1) is 0 Å². The maximum absolute atomic E-state index is 14.1. The number of amides is 2. The smallest absolute Gasteiger partial charge is 0.280 e. The molecule has 7 nitrogen and oxygen atoms in total. The van der Waals surface area contributed by atoms with E-state index >= 15 is 0 Å². The summed E-state index contributed by atoms with van der Waals surface area (Å²) < 4.78 is 15.3. The van der Waals surface area contributed by atoms with Gasteiger partial charge in [-0.1, -0.05) is 19.1 Å². The molecular formula is C21H19FN4O3. The monoisotopic (exact) mass is 394 g/mol. The zero-order valence-electron chi connectivity index (χ0n) is 15.9. The van der Waals surface area contributed by atoms with Crippen LogP contribution in [0.4, 0.5) is 15.8 Å². The highest BCUT2D eigenvalue weighted by Gasteiger charge is 2.17. The first-order chi connectivity index (χ1) is 13.9. The van der Waals surface area contributed by atoms with Crippen molar-refractivity contribution in [2.24, 2.45) is 0 Å². The molecule has 1 aromatic heterocycles. The van der Waals surface area contributed by atoms with Crippen LogP contribution in [0.2, 0.25) is 0 Å². The second kappa shape index (κ2) is 8.47. The number of anilines is 2. The van der Waals surface area contributed by atoms with Crippen LogP contribution >= 0.6 is 0 Å². The predicted molar refractivity (Wildman–Crippen MR) is 108 cm³/mol. The molecule has 148 valence electrons. The number of carbonyl (C=O) groups excluding carboxylic acids is 2. The first-order valence-corrected chi connectivity index (χ1v) is 8.96. The van der Waals surface area contributed by atoms with Crippen molar-refractivity contribution in [2.75, 3.05) is 10.6 Å². The normalized spacial score (nSPS) is 10.4. The number of aromatic nitrogens is 2. The number of nitrogens with one attached hydrogen (secondary N) is 2. The van der Waals surface area contributed by atoms with Crippen LogP contribution in [0.15, 0.2) is 59.4 Å². The summed E-state index contributed by atoms with van der Waals surface area (Å²) in [6.45, 7) is 3.35. The molecule has 0 atom stereocenters. The molecule has 0 saturated heterocycles. The van der Waals surface area contributed by atoms with E-state index in [9.17, 15) is 18.8 Å². The summed E-state index contributed by atoms with van der Waals surface area (Å²) in [7, 11) is 0. The van der Waals surface area contributed by atoms with Crippen LogP contribution in [0.3, 0.4) is 0 Å². The molecule has 0 aliphatic carbocycles. The van der Waals surface area contributed by atoms with Crippen molar-refractivity contribution in [3.8, 4) is 5.69 Å². The van der Waals surface area contributed by atoms with E-state index < -0.39 is 17.2 Å². The Hall–Kier alpha value is -3.81. The lowest BCUT2D eigenvalue weighted by atomic mass is 10.2. The number of aryl methyl sites for hydroxylation is 1. The lowest BCUT2D eigenvalue weighted by Gasteiger charge is -2.12. The molecule has 2 amide bonds. The second-order valence-corrected chi connectivity index (χ2v) is 6.29. The molecule has 0 aliphatic heterocycles. The fraction of sp³-hybridized carbons (Fsp3) is 0.143. The third kappa shape index (κ3) is 4.55. The summed E-state index contributed by atoms with van der Waals surface area (Å²) in [6, 6.07) is 13.6. The summed E-state index contributed by atoms with van der Waals surface area (Å²) in [5, 5.41) is 9.34. The molecule has 0 aliphatic rings. The van der Waals surface area contributed by atoms with Gasteiger partial charge in [-0.05, 0) is 43.3 Å². The third-order valence-electron chi connectivity index (χ3n) is 4.15. The fourth-order valence-corrected chi connectivity index (χ4v) is 2.65. The van der Waals surface area contributed by atoms with Gasteiger partial charge in [0.15, 0.2) is 5.69 Å². The van der Waals surface area contributed by atoms with Crippen LogP contribution in [-0.2, 0) is 4.79 Å². The van der Waals surface area contributed by atoms with Gasteiger partial charge in [-0.15, -0.1) is 0 Å². The molecule has 0 saturated carbocycles. The number of nitrogens with zero attached hydrogens (tertiary/aromatic N) is 2. The van der Waals surface area contributed by atoms with Gasteiger partial charge in [0.1, 0.15) is 11.5 Å². The van der Waals surface area contributed by atoms with Gasteiger partial charge >= 0.3 is 0 Å². The topological polar surface area (TPSA) is 93.1 Å². The molecule has 2 N–H and O–H groups in total. The Morgan fingerprint density at radius 1 is 1.03 bits per heavy atom. The van der Waals surface area contributed by atoms with Crippen LogP contribution in [0.5, 0.6) is 0 Å². The van der Waals surface area contributed by atoms with E-state index in [-0.39, 0.29) is 17.3 Å². The van der Waals surface area contributed by atoms with Crippen molar-refractivity contribution in [3.05, 3.63) is 82.0 Å². The summed E-state index contributed by atoms with van der Waals surface area (Å²) in [6.07, 6.45) is 0.353. The van der Waals surface area contributed by atoms with Crippen molar-refractivity contribution >= 4 is 23.2 Å². The maximum Gasteiger partial charge on any atom is 0.280 e. The minimum atomic E-state index is -0.717. The minimum Gasteiger partial charge on any atom is -0.326 e. The van der Waals surface area contributed by atoms with E-state index in [4.69, 9.17) is 0 Å². The van der Waals surface area contributed by atoms with Crippen molar-refractivity contribution < 1.29 is 14.0 Å². The SMILES string of the molecule is CCC(=O)Nc1ccc(NC(=O)c2nn(-c3ccccc3F)c(C)cc2=O)cc1. The molecule has 3 rings (SSSR count). The van der Waals surface area contributed by atoms with Crippen LogP contribution in [-0.4, -0.2) is 21.6 Å². The number of carbonyl (C=O) groups is 2. The molecule has 29 heavy (non-hydrogen) atoms. The third-order valence-corrected chi connectivity index (χ3v) is 4.15. The Morgan fingerprint density at radius 2 is 1.66 bits per heavy atom. The lowest BCUT2D eigenvalue weighted by Crippen LogP contribution is -2.27. The Morgan fingerprint density at radius 3 is 2.28 bits per heavy atom. The molecule has 0 bridgehead atoms. The fourth-order valence-electron chi connectivity index (χ4n) is 2.65. The van der Waals surface area contributed by atoms with Crippen LogP contribution in [0.25, 0.3) is 5.69 Å². The number of hydrogen-bond acceptors (Lipinski definition) is 4. The van der Waals surface area contributed by atoms with E-state index in [0.717, 1.165) is 0 Å². The lowest BCUT2D eigenvalue weighted by molar-refractivity contribution is -0.115. The van der Waals surface area contributed by atoms with Gasteiger partial charge < -0.3 is 10.6 Å². The molecule has 0 radical (unpaired) electrons. The zero-order valence-corrected chi connectivity index (χ0v) is 15.9. The number of hydrogen-bond donors (Lipinski definition) is 2. The van der Waals surface area contributed by atoms with Crippen molar-refractivity contribution in [1.82, 2.24) is 9.78 Å². The van der Waals surface area contributed by atoms with Crippen LogP contribution < -0.4 is 16.1 Å². The average molecular weight is 394 g/mol. The van der Waals surface area contributed by atoms with Crippen LogP contribution in [0, 0.1) is 12.7 Å². The van der Waals surface area contributed by atoms with E-state index in [1.165, 1.54) is 28.9 Å². The van der Waals surface area contributed by atoms with Gasteiger partial charge in [0, 0.05) is 29.6 Å². The maximum atomic E-state index is 14.1. The summed E-state index contributed by atoms with van der Waals surface area (Å²) in [5.74, 6) is -1.37. The highest BCUT2D eigenvalue weighted by Crippen LogP contribution is 2.16. The first-order valence-electron chi connectivity index (χ1n) is 8.96. The molecule has 0 spiro atoms. The summed E-state index contributed by atoms with van der Waals surface area (Å²) in [4.78, 5) is 36.3. The quantitative estimate of drug-likeness (QED) is 0.695. The number of benzene rings is 2. The number of para-hydroxylation sites is 1. The average Bonchev–Trinajstić information content (AvgIpc) is 2.70.